The van der Waals surface area contributed by atoms with E-state index in [0.29, 0.717) is 13.1 Å². The van der Waals surface area contributed by atoms with E-state index < -0.39 is 27.5 Å². The molecule has 35 heavy (non-hydrogen) atoms. The molecule has 3 N–H and O–H groups in total. The summed E-state index contributed by atoms with van der Waals surface area (Å²) in [6.07, 6.45) is -3.15. The van der Waals surface area contributed by atoms with Crippen LogP contribution in [0.3, 0.4) is 0 Å². The fourth-order valence-electron chi connectivity index (χ4n) is 4.06. The lowest BCUT2D eigenvalue weighted by atomic mass is 10.00. The van der Waals surface area contributed by atoms with Gasteiger partial charge in [-0.3, -0.25) is 9.69 Å². The average Bonchev–Trinajstić information content (AvgIpc) is 2.77. The van der Waals surface area contributed by atoms with Crippen LogP contribution in [-0.2, 0) is 29.1 Å². The first-order valence-corrected chi connectivity index (χ1v) is 13.4. The summed E-state index contributed by atoms with van der Waals surface area (Å²) in [6.45, 7) is 2.25. The number of piperidine rings is 1. The van der Waals surface area contributed by atoms with Gasteiger partial charge in [-0.2, -0.15) is 13.2 Å². The summed E-state index contributed by atoms with van der Waals surface area (Å²) in [5.74, 6) is -0.993. The van der Waals surface area contributed by atoms with Crippen LogP contribution in [0.2, 0.25) is 10.0 Å². The standard InChI is InChI=1S/C23H26Cl2F3N3O3S/c1-2-35(33,34)21-6-5-16(24)8-15(21)11-30-22(32)14-9-19(23(26,27)28)18(20(25)10-14)13-31-7-3-4-17(29)12-31/h5-6,8-10,17H,2-4,7,11-13,29H2,1H3,(H,30,32)/t17-/m1/s1. The summed E-state index contributed by atoms with van der Waals surface area (Å²) in [6, 6.07) is 5.98. The summed E-state index contributed by atoms with van der Waals surface area (Å²) in [4.78, 5) is 14.6. The largest absolute Gasteiger partial charge is 0.416 e. The van der Waals surface area contributed by atoms with Crippen molar-refractivity contribution in [3.63, 3.8) is 0 Å². The third-order valence-electron chi connectivity index (χ3n) is 5.86. The number of amides is 1. The number of likely N-dealkylation sites (tertiary alicyclic amines) is 1. The molecular formula is C23H26Cl2F3N3O3S. The molecule has 0 aliphatic carbocycles. The Morgan fingerprint density at radius 3 is 2.57 bits per heavy atom. The van der Waals surface area contributed by atoms with Crippen molar-refractivity contribution in [3.8, 4) is 0 Å². The number of sulfone groups is 1. The number of hydrogen-bond acceptors (Lipinski definition) is 5. The van der Waals surface area contributed by atoms with E-state index in [0.717, 1.165) is 18.9 Å². The molecule has 1 amide bonds. The van der Waals surface area contributed by atoms with E-state index in [9.17, 15) is 26.4 Å². The van der Waals surface area contributed by atoms with Gasteiger partial charge in [-0.1, -0.05) is 30.1 Å². The van der Waals surface area contributed by atoms with Gasteiger partial charge in [-0.25, -0.2) is 8.42 Å². The number of rotatable bonds is 7. The van der Waals surface area contributed by atoms with E-state index in [-0.39, 0.29) is 56.5 Å². The van der Waals surface area contributed by atoms with E-state index >= 15 is 0 Å². The summed E-state index contributed by atoms with van der Waals surface area (Å²) in [7, 11) is -3.61. The molecule has 0 bridgehead atoms. The molecule has 1 saturated heterocycles. The molecule has 0 spiro atoms. The number of halogens is 5. The van der Waals surface area contributed by atoms with Gasteiger partial charge in [-0.05, 0) is 60.8 Å². The lowest BCUT2D eigenvalue weighted by molar-refractivity contribution is -0.138. The summed E-state index contributed by atoms with van der Waals surface area (Å²) >= 11 is 12.2. The number of benzene rings is 2. The van der Waals surface area contributed by atoms with E-state index in [4.69, 9.17) is 28.9 Å². The molecule has 1 heterocycles. The second-order valence-corrected chi connectivity index (χ2v) is 11.5. The van der Waals surface area contributed by atoms with E-state index in [1.807, 2.05) is 4.90 Å². The van der Waals surface area contributed by atoms with Crippen LogP contribution >= 0.6 is 23.2 Å². The van der Waals surface area contributed by atoms with Gasteiger partial charge in [-0.15, -0.1) is 0 Å². The summed E-state index contributed by atoms with van der Waals surface area (Å²) in [5, 5.41) is 2.55. The Hall–Kier alpha value is -1.85. The van der Waals surface area contributed by atoms with Crippen molar-refractivity contribution >= 4 is 38.9 Å². The Morgan fingerprint density at radius 2 is 1.94 bits per heavy atom. The second-order valence-electron chi connectivity index (χ2n) is 8.46. The van der Waals surface area contributed by atoms with Crippen molar-refractivity contribution in [2.24, 2.45) is 5.73 Å². The highest BCUT2D eigenvalue weighted by Crippen LogP contribution is 2.37. The molecule has 0 aromatic heterocycles. The summed E-state index contributed by atoms with van der Waals surface area (Å²) < 4.78 is 66.4. The minimum Gasteiger partial charge on any atom is -0.348 e. The van der Waals surface area contributed by atoms with Gasteiger partial charge in [0.05, 0.1) is 16.2 Å². The molecule has 0 unspecified atom stereocenters. The van der Waals surface area contributed by atoms with Crippen LogP contribution < -0.4 is 11.1 Å². The molecule has 2 aromatic carbocycles. The lowest BCUT2D eigenvalue weighted by Gasteiger charge is -2.31. The van der Waals surface area contributed by atoms with Crippen LogP contribution in [0.15, 0.2) is 35.2 Å². The molecule has 3 rings (SSSR count). The number of alkyl halides is 3. The van der Waals surface area contributed by atoms with E-state index in [1.54, 1.807) is 0 Å². The van der Waals surface area contributed by atoms with Crippen LogP contribution in [0.1, 0.15) is 46.8 Å². The maximum atomic E-state index is 13.9. The zero-order valence-corrected chi connectivity index (χ0v) is 21.3. The molecule has 6 nitrogen and oxygen atoms in total. The zero-order valence-electron chi connectivity index (χ0n) is 19.0. The van der Waals surface area contributed by atoms with Crippen molar-refractivity contribution in [1.82, 2.24) is 10.2 Å². The quantitative estimate of drug-likeness (QED) is 0.522. The number of carbonyl (C=O) groups excluding carboxylic acids is 1. The van der Waals surface area contributed by atoms with Gasteiger partial charge in [0.1, 0.15) is 0 Å². The van der Waals surface area contributed by atoms with Crippen LogP contribution in [-0.4, -0.2) is 44.1 Å². The number of nitrogens with one attached hydrogen (secondary N) is 1. The molecule has 1 fully saturated rings. The highest BCUT2D eigenvalue weighted by atomic mass is 35.5. The number of nitrogens with zero attached hydrogens (tertiary/aromatic N) is 1. The van der Waals surface area contributed by atoms with Crippen molar-refractivity contribution in [2.45, 2.75) is 50.0 Å². The molecular weight excluding hydrogens is 526 g/mol. The lowest BCUT2D eigenvalue weighted by Crippen LogP contribution is -2.42. The molecule has 1 aliphatic heterocycles. The number of nitrogens with two attached hydrogens (primary N) is 1. The predicted molar refractivity (Wildman–Crippen MR) is 129 cm³/mol. The number of carbonyl (C=O) groups is 1. The Bertz CT molecular complexity index is 1210. The fraction of sp³-hybridized carbons (Fsp3) is 0.435. The van der Waals surface area contributed by atoms with E-state index in [2.05, 4.69) is 5.32 Å². The Morgan fingerprint density at radius 1 is 1.23 bits per heavy atom. The van der Waals surface area contributed by atoms with Gasteiger partial charge in [0.25, 0.3) is 5.91 Å². The maximum Gasteiger partial charge on any atom is 0.416 e. The average molecular weight is 552 g/mol. The molecule has 1 aliphatic rings. The van der Waals surface area contributed by atoms with Crippen LogP contribution in [0.25, 0.3) is 0 Å². The summed E-state index contributed by atoms with van der Waals surface area (Å²) in [5.41, 5.74) is 4.78. The minimum absolute atomic E-state index is 0.00574. The first-order valence-electron chi connectivity index (χ1n) is 11.0. The molecule has 2 aromatic rings. The van der Waals surface area contributed by atoms with Gasteiger partial charge >= 0.3 is 6.18 Å². The minimum atomic E-state index is -4.73. The monoisotopic (exact) mass is 551 g/mol. The predicted octanol–water partition coefficient (Wildman–Crippen LogP) is 4.66. The topological polar surface area (TPSA) is 92.5 Å². The maximum absolute atomic E-state index is 13.9. The van der Waals surface area contributed by atoms with Crippen molar-refractivity contribution in [2.75, 3.05) is 18.8 Å². The molecule has 1 atom stereocenters. The third kappa shape index (κ3) is 6.89. The van der Waals surface area contributed by atoms with Gasteiger partial charge in [0.15, 0.2) is 9.84 Å². The Kier molecular flexibility index (Phi) is 8.75. The van der Waals surface area contributed by atoms with Gasteiger partial charge in [0, 0.05) is 41.3 Å². The Labute approximate surface area is 212 Å². The Balaban J connectivity index is 1.87. The molecule has 192 valence electrons. The van der Waals surface area contributed by atoms with Crippen molar-refractivity contribution < 1.29 is 26.4 Å². The second kappa shape index (κ2) is 11.0. The SMILES string of the molecule is CCS(=O)(=O)c1ccc(Cl)cc1CNC(=O)c1cc(Cl)c(CN2CCC[C@@H](N)C2)c(C(F)(F)F)c1. The molecule has 12 heteroatoms. The smallest absolute Gasteiger partial charge is 0.348 e. The highest BCUT2D eigenvalue weighted by molar-refractivity contribution is 7.91. The first-order chi connectivity index (χ1) is 16.3. The zero-order chi connectivity index (χ0) is 26.0. The van der Waals surface area contributed by atoms with Crippen LogP contribution in [0, 0.1) is 0 Å². The highest BCUT2D eigenvalue weighted by Gasteiger charge is 2.36. The van der Waals surface area contributed by atoms with Crippen molar-refractivity contribution in [3.05, 3.63) is 62.6 Å². The fourth-order valence-corrected chi connectivity index (χ4v) is 5.65. The van der Waals surface area contributed by atoms with Gasteiger partial charge in [0.2, 0.25) is 0 Å². The third-order valence-corrected chi connectivity index (χ3v) is 8.26. The normalized spacial score (nSPS) is 17.4. The van der Waals surface area contributed by atoms with Gasteiger partial charge < -0.3 is 11.1 Å². The van der Waals surface area contributed by atoms with E-state index in [1.165, 1.54) is 31.2 Å². The number of hydrogen-bond donors (Lipinski definition) is 2. The molecule has 0 radical (unpaired) electrons. The first kappa shape index (κ1) is 27.7. The molecule has 0 saturated carbocycles. The van der Waals surface area contributed by atoms with Crippen LogP contribution in [0.4, 0.5) is 13.2 Å². The van der Waals surface area contributed by atoms with Crippen molar-refractivity contribution in [1.29, 1.82) is 0 Å². The van der Waals surface area contributed by atoms with Crippen LogP contribution in [0.5, 0.6) is 0 Å².